The van der Waals surface area contributed by atoms with Crippen molar-refractivity contribution in [2.75, 3.05) is 7.11 Å². The number of rotatable bonds is 3. The maximum absolute atomic E-state index is 7.70. The summed E-state index contributed by atoms with van der Waals surface area (Å²) in [5.74, 6) is 1.63. The second kappa shape index (κ2) is 5.64. The highest BCUT2D eigenvalue weighted by atomic mass is 16.5. The third-order valence-corrected chi connectivity index (χ3v) is 4.05. The van der Waals surface area contributed by atoms with E-state index in [2.05, 4.69) is 33.9 Å². The lowest BCUT2D eigenvalue weighted by atomic mass is 9.79. The maximum Gasteiger partial charge on any atom is 0.272 e. The van der Waals surface area contributed by atoms with Crippen LogP contribution in [0.5, 0.6) is 5.75 Å². The van der Waals surface area contributed by atoms with Crippen molar-refractivity contribution < 1.29 is 4.74 Å². The van der Waals surface area contributed by atoms with Gasteiger partial charge in [-0.15, -0.1) is 0 Å². The summed E-state index contributed by atoms with van der Waals surface area (Å²) < 4.78 is 5.51. The van der Waals surface area contributed by atoms with Crippen LogP contribution in [0.15, 0.2) is 35.5 Å². The number of H-pyrrole nitrogens is 1. The lowest BCUT2D eigenvalue weighted by molar-refractivity contribution is 0.407. The molecule has 1 aliphatic heterocycles. The van der Waals surface area contributed by atoms with Gasteiger partial charge in [0.25, 0.3) is 6.04 Å². The van der Waals surface area contributed by atoms with Gasteiger partial charge in [-0.2, -0.15) is 5.10 Å². The lowest BCUT2D eigenvalue weighted by Gasteiger charge is -2.26. The molecule has 1 aliphatic rings. The maximum atomic E-state index is 7.70. The van der Waals surface area contributed by atoms with Crippen molar-refractivity contribution in [3.05, 3.63) is 53.0 Å². The Hall–Kier alpha value is -2.61. The molecule has 1 aromatic heterocycles. The third kappa shape index (κ3) is 2.17. The van der Waals surface area contributed by atoms with Gasteiger partial charge in [-0.05, 0) is 12.0 Å². The summed E-state index contributed by atoms with van der Waals surface area (Å²) in [4.78, 5) is 8.52. The van der Waals surface area contributed by atoms with E-state index < -0.39 is 0 Å². The Morgan fingerprint density at radius 1 is 1.27 bits per heavy atom. The van der Waals surface area contributed by atoms with Crippen LogP contribution in [0.4, 0.5) is 5.82 Å². The highest BCUT2D eigenvalue weighted by Crippen LogP contribution is 2.43. The first-order chi connectivity index (χ1) is 10.7. The minimum atomic E-state index is -0.332. The molecule has 0 saturated carbocycles. The summed E-state index contributed by atoms with van der Waals surface area (Å²) >= 11 is 0. The molecular weight excluding hydrogens is 276 g/mol. The molecule has 2 heterocycles. The molecule has 112 valence electrons. The normalized spacial score (nSPS) is 20.2. The lowest BCUT2D eigenvalue weighted by Crippen LogP contribution is -2.32. The molecule has 0 fully saturated rings. The second-order valence-corrected chi connectivity index (χ2v) is 5.66. The first-order valence-corrected chi connectivity index (χ1v) is 7.28. The molecule has 2 unspecified atom stereocenters. The molecule has 0 saturated heterocycles. The summed E-state index contributed by atoms with van der Waals surface area (Å²) in [6.07, 6.45) is 1.77. The van der Waals surface area contributed by atoms with Gasteiger partial charge in [0.2, 0.25) is 0 Å². The number of para-hydroxylation sites is 1. The SMILES string of the molecule is [C-]#[N+]C1C(C(C)C)=Nc2[nH]ncc2C1c1ccccc1OC. The molecule has 1 aromatic carbocycles. The Morgan fingerprint density at radius 2 is 2.05 bits per heavy atom. The molecule has 1 N–H and O–H groups in total. The van der Waals surface area contributed by atoms with E-state index in [1.165, 1.54) is 0 Å². The van der Waals surface area contributed by atoms with Gasteiger partial charge in [0, 0.05) is 11.1 Å². The fourth-order valence-corrected chi connectivity index (χ4v) is 3.01. The zero-order valence-corrected chi connectivity index (χ0v) is 12.9. The predicted octanol–water partition coefficient (Wildman–Crippen LogP) is 3.58. The Bertz CT molecular complexity index is 754. The number of hydrogen-bond donors (Lipinski definition) is 1. The van der Waals surface area contributed by atoms with Crippen molar-refractivity contribution in [1.82, 2.24) is 10.2 Å². The summed E-state index contributed by atoms with van der Waals surface area (Å²) in [5.41, 5.74) is 2.85. The number of ether oxygens (including phenoxy) is 1. The van der Waals surface area contributed by atoms with E-state index in [4.69, 9.17) is 11.3 Å². The minimum absolute atomic E-state index is 0.114. The van der Waals surface area contributed by atoms with Crippen LogP contribution in [0.25, 0.3) is 4.85 Å². The zero-order valence-electron chi connectivity index (χ0n) is 12.9. The van der Waals surface area contributed by atoms with E-state index >= 15 is 0 Å². The molecule has 0 amide bonds. The van der Waals surface area contributed by atoms with Crippen LogP contribution in [0.3, 0.4) is 0 Å². The molecule has 3 rings (SSSR count). The van der Waals surface area contributed by atoms with Gasteiger partial charge < -0.3 is 9.58 Å². The van der Waals surface area contributed by atoms with Crippen LogP contribution in [-0.4, -0.2) is 29.1 Å². The highest BCUT2D eigenvalue weighted by Gasteiger charge is 2.42. The number of fused-ring (bicyclic) bond motifs is 1. The van der Waals surface area contributed by atoms with Crippen LogP contribution in [0.2, 0.25) is 0 Å². The summed E-state index contributed by atoms with van der Waals surface area (Å²) in [7, 11) is 1.65. The number of nitrogens with one attached hydrogen (secondary N) is 1. The average Bonchev–Trinajstić information content (AvgIpc) is 3.00. The van der Waals surface area contributed by atoms with Gasteiger partial charge in [0.15, 0.2) is 5.82 Å². The van der Waals surface area contributed by atoms with Crippen LogP contribution in [0.1, 0.15) is 30.9 Å². The van der Waals surface area contributed by atoms with Gasteiger partial charge >= 0.3 is 0 Å². The van der Waals surface area contributed by atoms with Crippen molar-refractivity contribution in [3.63, 3.8) is 0 Å². The summed E-state index contributed by atoms with van der Waals surface area (Å²) in [5, 5.41) is 7.06. The first-order valence-electron chi connectivity index (χ1n) is 7.28. The smallest absolute Gasteiger partial charge is 0.272 e. The van der Waals surface area contributed by atoms with Gasteiger partial charge in [0.1, 0.15) is 11.5 Å². The molecule has 0 radical (unpaired) electrons. The highest BCUT2D eigenvalue weighted by molar-refractivity contribution is 5.97. The van der Waals surface area contributed by atoms with Crippen LogP contribution in [0, 0.1) is 12.5 Å². The first kappa shape index (κ1) is 14.3. The molecule has 0 bridgehead atoms. The monoisotopic (exact) mass is 294 g/mol. The fourth-order valence-electron chi connectivity index (χ4n) is 3.01. The molecule has 2 atom stereocenters. The van der Waals surface area contributed by atoms with Crippen LogP contribution in [-0.2, 0) is 0 Å². The fraction of sp³-hybridized carbons (Fsp3) is 0.353. The average molecular weight is 294 g/mol. The van der Waals surface area contributed by atoms with Gasteiger partial charge in [-0.25, -0.2) is 11.6 Å². The van der Waals surface area contributed by atoms with Crippen molar-refractivity contribution >= 4 is 11.5 Å². The largest absolute Gasteiger partial charge is 0.496 e. The van der Waals surface area contributed by atoms with Crippen molar-refractivity contribution in [2.24, 2.45) is 10.9 Å². The van der Waals surface area contributed by atoms with Gasteiger partial charge in [-0.3, -0.25) is 5.10 Å². The number of aromatic nitrogens is 2. The molecule has 5 heteroatoms. The molecule has 0 spiro atoms. The molecule has 2 aromatic rings. The third-order valence-electron chi connectivity index (χ3n) is 4.05. The summed E-state index contributed by atoms with van der Waals surface area (Å²) in [6, 6.07) is 7.52. The van der Waals surface area contributed by atoms with E-state index in [1.807, 2.05) is 24.3 Å². The number of aliphatic imine (C=N–C) groups is 1. The van der Waals surface area contributed by atoms with Crippen molar-refractivity contribution in [3.8, 4) is 5.75 Å². The topological polar surface area (TPSA) is 54.6 Å². The number of nitrogens with zero attached hydrogens (tertiary/aromatic N) is 3. The van der Waals surface area contributed by atoms with Crippen LogP contribution >= 0.6 is 0 Å². The predicted molar refractivity (Wildman–Crippen MR) is 85.7 cm³/mol. The standard InChI is InChI=1S/C17H18N4O/c1-10(2)15-16(18-3)14(12-9-19-21-17(12)20-15)11-7-5-6-8-13(11)22-4/h5-10,14,16H,1-2,4H3,(H,19,21). The Labute approximate surface area is 129 Å². The van der Waals surface area contributed by atoms with E-state index in [1.54, 1.807) is 13.3 Å². The van der Waals surface area contributed by atoms with Gasteiger partial charge in [-0.1, -0.05) is 32.0 Å². The Morgan fingerprint density at radius 3 is 2.73 bits per heavy atom. The Kier molecular flexibility index (Phi) is 3.68. The summed E-state index contributed by atoms with van der Waals surface area (Å²) in [6.45, 7) is 11.8. The molecular formula is C17H18N4O. The molecule has 22 heavy (non-hydrogen) atoms. The quantitative estimate of drug-likeness (QED) is 0.880. The van der Waals surface area contributed by atoms with Crippen molar-refractivity contribution in [1.29, 1.82) is 0 Å². The minimum Gasteiger partial charge on any atom is -0.496 e. The van der Waals surface area contributed by atoms with Crippen molar-refractivity contribution in [2.45, 2.75) is 25.8 Å². The number of benzene rings is 1. The zero-order chi connectivity index (χ0) is 15.7. The molecule has 0 aliphatic carbocycles. The Balaban J connectivity index is 2.21. The van der Waals surface area contributed by atoms with E-state index in [-0.39, 0.29) is 17.9 Å². The second-order valence-electron chi connectivity index (χ2n) is 5.66. The number of hydrogen-bond acceptors (Lipinski definition) is 3. The van der Waals surface area contributed by atoms with E-state index in [0.717, 1.165) is 28.4 Å². The number of methoxy groups -OCH3 is 1. The number of aromatic amines is 1. The van der Waals surface area contributed by atoms with E-state index in [0.29, 0.717) is 0 Å². The molecule has 5 nitrogen and oxygen atoms in total. The van der Waals surface area contributed by atoms with Gasteiger partial charge in [0.05, 0.1) is 19.2 Å². The van der Waals surface area contributed by atoms with Crippen LogP contribution < -0.4 is 4.74 Å². The van der Waals surface area contributed by atoms with E-state index in [9.17, 15) is 0 Å².